The van der Waals surface area contributed by atoms with Crippen molar-refractivity contribution in [1.29, 1.82) is 0 Å². The van der Waals surface area contributed by atoms with Gasteiger partial charge < -0.3 is 15.2 Å². The average molecular weight is 338 g/mol. The zero-order chi connectivity index (χ0) is 14.3. The number of nitrogens with zero attached hydrogens (tertiary/aromatic N) is 1. The van der Waals surface area contributed by atoms with Crippen molar-refractivity contribution in [1.82, 2.24) is 10.2 Å². The summed E-state index contributed by atoms with van der Waals surface area (Å²) < 4.78 is 12.3. The molecule has 1 aliphatic heterocycles. The Morgan fingerprint density at radius 3 is 2.70 bits per heavy atom. The van der Waals surface area contributed by atoms with Gasteiger partial charge in [-0.1, -0.05) is 13.8 Å². The van der Waals surface area contributed by atoms with E-state index in [1.807, 2.05) is 12.1 Å². The van der Waals surface area contributed by atoms with Crippen LogP contribution in [0, 0.1) is 0 Å². The molecule has 0 saturated carbocycles. The first-order chi connectivity index (χ1) is 9.58. The van der Waals surface area contributed by atoms with Gasteiger partial charge in [0, 0.05) is 11.6 Å². The van der Waals surface area contributed by atoms with Gasteiger partial charge in [0.2, 0.25) is 0 Å². The summed E-state index contributed by atoms with van der Waals surface area (Å²) in [4.78, 5) is 0. The first kappa shape index (κ1) is 13.3. The molecule has 0 bridgehead atoms. The molecular weight excluding hydrogens is 322 g/mol. The van der Waals surface area contributed by atoms with E-state index in [1.54, 1.807) is 0 Å². The number of nitrogens with one attached hydrogen (secondary N) is 1. The zero-order valence-electron chi connectivity index (χ0n) is 11.4. The van der Waals surface area contributed by atoms with Crippen LogP contribution < -0.4 is 15.2 Å². The first-order valence-electron chi connectivity index (χ1n) is 6.51. The van der Waals surface area contributed by atoms with Gasteiger partial charge in [0.05, 0.1) is 10.2 Å². The minimum Gasteiger partial charge on any atom is -0.486 e. The molecule has 20 heavy (non-hydrogen) atoms. The number of nitrogens with two attached hydrogens (primary N) is 1. The molecule has 0 amide bonds. The summed E-state index contributed by atoms with van der Waals surface area (Å²) in [5, 5.41) is 6.96. The summed E-state index contributed by atoms with van der Waals surface area (Å²) in [6, 6.07) is 3.81. The lowest BCUT2D eigenvalue weighted by molar-refractivity contribution is 0.170. The number of aromatic nitrogens is 2. The second-order valence-electron chi connectivity index (χ2n) is 5.04. The van der Waals surface area contributed by atoms with Crippen molar-refractivity contribution in [3.05, 3.63) is 22.2 Å². The summed E-state index contributed by atoms with van der Waals surface area (Å²) in [7, 11) is 0. The van der Waals surface area contributed by atoms with Crippen LogP contribution in [0.1, 0.15) is 25.3 Å². The van der Waals surface area contributed by atoms with Gasteiger partial charge in [0.15, 0.2) is 11.5 Å². The van der Waals surface area contributed by atoms with Crippen molar-refractivity contribution in [3.63, 3.8) is 0 Å². The van der Waals surface area contributed by atoms with Crippen LogP contribution in [0.5, 0.6) is 11.5 Å². The van der Waals surface area contributed by atoms with Gasteiger partial charge in [-0.05, 0) is 33.5 Å². The molecule has 6 heteroatoms. The predicted molar refractivity (Wildman–Crippen MR) is 81.2 cm³/mol. The Labute approximate surface area is 125 Å². The van der Waals surface area contributed by atoms with Gasteiger partial charge in [0.1, 0.15) is 19.0 Å². The van der Waals surface area contributed by atoms with Gasteiger partial charge in [-0.2, -0.15) is 5.10 Å². The highest BCUT2D eigenvalue weighted by Gasteiger charge is 2.24. The van der Waals surface area contributed by atoms with Crippen molar-refractivity contribution in [2.45, 2.75) is 19.8 Å². The third-order valence-electron chi connectivity index (χ3n) is 3.28. The van der Waals surface area contributed by atoms with Gasteiger partial charge >= 0.3 is 0 Å². The zero-order valence-corrected chi connectivity index (χ0v) is 13.0. The van der Waals surface area contributed by atoms with Crippen molar-refractivity contribution < 1.29 is 9.47 Å². The van der Waals surface area contributed by atoms with Gasteiger partial charge in [0.25, 0.3) is 0 Å². The number of benzene rings is 1. The molecule has 0 atom stereocenters. The number of fused-ring (bicyclic) bond motifs is 1. The minimum absolute atomic E-state index is 0.319. The van der Waals surface area contributed by atoms with Crippen molar-refractivity contribution in [3.8, 4) is 22.8 Å². The van der Waals surface area contributed by atoms with Gasteiger partial charge in [-0.15, -0.1) is 0 Å². The largest absolute Gasteiger partial charge is 0.486 e. The fourth-order valence-corrected chi connectivity index (χ4v) is 3.40. The Kier molecular flexibility index (Phi) is 3.33. The second kappa shape index (κ2) is 5.01. The number of H-pyrrole nitrogens is 1. The number of aromatic amines is 1. The molecule has 1 aliphatic rings. The fourth-order valence-electron chi connectivity index (χ4n) is 2.42. The Bertz CT molecular complexity index is 652. The van der Waals surface area contributed by atoms with Crippen LogP contribution in [-0.4, -0.2) is 23.4 Å². The molecule has 2 aromatic rings. The van der Waals surface area contributed by atoms with E-state index >= 15 is 0 Å². The van der Waals surface area contributed by atoms with Crippen molar-refractivity contribution in [2.24, 2.45) is 0 Å². The van der Waals surface area contributed by atoms with E-state index in [4.69, 9.17) is 15.2 Å². The van der Waals surface area contributed by atoms with Crippen LogP contribution in [0.25, 0.3) is 11.3 Å². The molecule has 0 aliphatic carbocycles. The van der Waals surface area contributed by atoms with E-state index in [9.17, 15) is 0 Å². The molecule has 1 aromatic carbocycles. The monoisotopic (exact) mass is 337 g/mol. The number of ether oxygens (including phenoxy) is 2. The molecule has 3 N–H and O–H groups in total. The van der Waals surface area contributed by atoms with Gasteiger partial charge in [-0.3, -0.25) is 5.10 Å². The van der Waals surface area contributed by atoms with Crippen LogP contribution in [0.2, 0.25) is 0 Å². The normalized spacial score (nSPS) is 13.8. The van der Waals surface area contributed by atoms with E-state index in [1.165, 1.54) is 0 Å². The van der Waals surface area contributed by atoms with Gasteiger partial charge in [-0.25, -0.2) is 0 Å². The van der Waals surface area contributed by atoms with E-state index in [0.29, 0.717) is 24.9 Å². The topological polar surface area (TPSA) is 73.2 Å². The summed E-state index contributed by atoms with van der Waals surface area (Å²) >= 11 is 3.65. The van der Waals surface area contributed by atoms with E-state index in [2.05, 4.69) is 40.0 Å². The highest BCUT2D eigenvalue weighted by atomic mass is 79.9. The Balaban J connectivity index is 2.24. The predicted octanol–water partition coefficient (Wildman–Crippen LogP) is 3.32. The Morgan fingerprint density at radius 1 is 1.30 bits per heavy atom. The summed E-state index contributed by atoms with van der Waals surface area (Å²) in [5.41, 5.74) is 8.77. The van der Waals surface area contributed by atoms with E-state index < -0.39 is 0 Å². The minimum atomic E-state index is 0.319. The van der Waals surface area contributed by atoms with Crippen LogP contribution in [0.15, 0.2) is 16.6 Å². The van der Waals surface area contributed by atoms with E-state index in [0.717, 1.165) is 32.8 Å². The molecule has 5 nitrogen and oxygen atoms in total. The molecule has 0 unspecified atom stereocenters. The summed E-state index contributed by atoms with van der Waals surface area (Å²) in [6.07, 6.45) is 0. The fraction of sp³-hybridized carbons (Fsp3) is 0.357. The smallest absolute Gasteiger partial charge is 0.175 e. The van der Waals surface area contributed by atoms with Crippen LogP contribution >= 0.6 is 15.9 Å². The van der Waals surface area contributed by atoms with E-state index in [-0.39, 0.29) is 0 Å². The second-order valence-corrected chi connectivity index (χ2v) is 5.83. The standard InChI is InChI=1S/C14H16BrN3O2/c1-7(2)12-8(9-6-11(16)18-17-9)5-10-14(13(12)15)20-4-3-19-10/h5-7H,3-4H2,1-2H3,(H3,16,17,18). The van der Waals surface area contributed by atoms with Crippen LogP contribution in [0.4, 0.5) is 5.82 Å². The highest BCUT2D eigenvalue weighted by Crippen LogP contribution is 2.46. The molecule has 1 aromatic heterocycles. The molecule has 0 spiro atoms. The van der Waals surface area contributed by atoms with Crippen LogP contribution in [-0.2, 0) is 0 Å². The summed E-state index contributed by atoms with van der Waals surface area (Å²) in [6.45, 7) is 5.41. The first-order valence-corrected chi connectivity index (χ1v) is 7.30. The lowest BCUT2D eigenvalue weighted by atomic mass is 9.94. The number of halogens is 1. The van der Waals surface area contributed by atoms with Crippen molar-refractivity contribution in [2.75, 3.05) is 18.9 Å². The third-order valence-corrected chi connectivity index (χ3v) is 4.06. The maximum Gasteiger partial charge on any atom is 0.175 e. The Hall–Kier alpha value is -1.69. The maximum absolute atomic E-state index is 5.72. The summed E-state index contributed by atoms with van der Waals surface area (Å²) in [5.74, 6) is 2.31. The number of hydrogen-bond donors (Lipinski definition) is 2. The SMILES string of the molecule is CC(C)c1c(-c2cc(N)n[nH]2)cc2c(c1Br)OCCO2. The lowest BCUT2D eigenvalue weighted by Crippen LogP contribution is -2.16. The quantitative estimate of drug-likeness (QED) is 0.881. The average Bonchev–Trinajstić information content (AvgIpc) is 2.84. The van der Waals surface area contributed by atoms with Crippen LogP contribution in [0.3, 0.4) is 0 Å². The number of anilines is 1. The molecule has 2 heterocycles. The highest BCUT2D eigenvalue weighted by molar-refractivity contribution is 9.10. The molecule has 106 valence electrons. The molecular formula is C14H16BrN3O2. The number of rotatable bonds is 2. The third kappa shape index (κ3) is 2.14. The number of hydrogen-bond acceptors (Lipinski definition) is 4. The van der Waals surface area contributed by atoms with Crippen molar-refractivity contribution >= 4 is 21.7 Å². The molecule has 0 saturated heterocycles. The lowest BCUT2D eigenvalue weighted by Gasteiger charge is -2.24. The maximum atomic E-state index is 5.72. The molecule has 3 rings (SSSR count). The molecule has 0 fully saturated rings. The molecule has 0 radical (unpaired) electrons. The Morgan fingerprint density at radius 2 is 2.05 bits per heavy atom. The number of nitrogen functional groups attached to an aromatic ring is 1.